The van der Waals surface area contributed by atoms with Crippen LogP contribution in [0.1, 0.15) is 15.2 Å². The largest absolute Gasteiger partial charge is 0.335 e. The minimum atomic E-state index is -0.356. The molecule has 0 saturated carbocycles. The van der Waals surface area contributed by atoms with Crippen LogP contribution in [0.3, 0.4) is 0 Å². The van der Waals surface area contributed by atoms with Gasteiger partial charge in [0, 0.05) is 42.0 Å². The molecule has 8 heteroatoms. The first kappa shape index (κ1) is 20.4. The molecule has 0 spiro atoms. The van der Waals surface area contributed by atoms with Crippen LogP contribution in [0.25, 0.3) is 10.1 Å². The van der Waals surface area contributed by atoms with Gasteiger partial charge in [0.2, 0.25) is 5.91 Å². The van der Waals surface area contributed by atoms with Gasteiger partial charge in [-0.05, 0) is 48.9 Å². The number of hydrogen-bond acceptors (Lipinski definition) is 4. The van der Waals surface area contributed by atoms with Crippen molar-refractivity contribution >= 4 is 38.9 Å². The third kappa shape index (κ3) is 4.20. The second-order valence-electron chi connectivity index (χ2n) is 7.29. The van der Waals surface area contributed by atoms with Crippen LogP contribution >= 0.6 is 11.3 Å². The van der Waals surface area contributed by atoms with Crippen LogP contribution < -0.4 is 5.32 Å². The molecule has 1 saturated heterocycles. The van der Waals surface area contributed by atoms with E-state index in [1.54, 1.807) is 17.9 Å². The smallest absolute Gasteiger partial charge is 0.264 e. The molecule has 2 heterocycles. The highest BCUT2D eigenvalue weighted by Gasteiger charge is 2.26. The van der Waals surface area contributed by atoms with Crippen molar-refractivity contribution in [3.8, 4) is 0 Å². The molecule has 1 aliphatic heterocycles. The van der Waals surface area contributed by atoms with Crippen LogP contribution in [0, 0.1) is 18.6 Å². The molecule has 4 rings (SSSR count). The lowest BCUT2D eigenvalue weighted by molar-refractivity contribution is -0.117. The molecule has 0 atom stereocenters. The number of piperazine rings is 1. The van der Waals surface area contributed by atoms with E-state index in [0.29, 0.717) is 47.7 Å². The number of anilines is 1. The zero-order chi connectivity index (χ0) is 21.3. The average molecular weight is 429 g/mol. The predicted molar refractivity (Wildman–Crippen MR) is 114 cm³/mol. The fraction of sp³-hybridized carbons (Fsp3) is 0.273. The van der Waals surface area contributed by atoms with Crippen LogP contribution in [0.2, 0.25) is 0 Å². The van der Waals surface area contributed by atoms with E-state index in [9.17, 15) is 18.4 Å². The first-order valence-corrected chi connectivity index (χ1v) is 10.5. The van der Waals surface area contributed by atoms with Gasteiger partial charge in [0.25, 0.3) is 5.91 Å². The van der Waals surface area contributed by atoms with E-state index in [-0.39, 0.29) is 30.0 Å². The third-order valence-corrected chi connectivity index (χ3v) is 6.50. The molecule has 0 aliphatic carbocycles. The molecule has 1 aliphatic rings. The molecule has 2 aromatic carbocycles. The highest BCUT2D eigenvalue weighted by atomic mass is 32.1. The minimum Gasteiger partial charge on any atom is -0.335 e. The monoisotopic (exact) mass is 429 g/mol. The Morgan fingerprint density at radius 2 is 1.73 bits per heavy atom. The number of nitrogens with zero attached hydrogens (tertiary/aromatic N) is 2. The predicted octanol–water partition coefficient (Wildman–Crippen LogP) is 3.88. The Hall–Kier alpha value is -2.84. The number of hydrogen-bond donors (Lipinski definition) is 1. The van der Waals surface area contributed by atoms with Gasteiger partial charge in [-0.15, -0.1) is 11.3 Å². The van der Waals surface area contributed by atoms with Crippen molar-refractivity contribution in [2.75, 3.05) is 38.0 Å². The number of nitrogens with one attached hydrogen (secondary N) is 1. The molecule has 2 amide bonds. The summed E-state index contributed by atoms with van der Waals surface area (Å²) in [5, 5.41) is 3.26. The van der Waals surface area contributed by atoms with Crippen molar-refractivity contribution in [2.45, 2.75) is 6.92 Å². The summed E-state index contributed by atoms with van der Waals surface area (Å²) >= 11 is 1.32. The van der Waals surface area contributed by atoms with Crippen molar-refractivity contribution in [1.82, 2.24) is 9.80 Å². The maximum Gasteiger partial charge on any atom is 0.264 e. The van der Waals surface area contributed by atoms with Gasteiger partial charge in [-0.2, -0.15) is 0 Å². The number of carbonyl (C=O) groups is 2. The van der Waals surface area contributed by atoms with Gasteiger partial charge in [-0.1, -0.05) is 6.07 Å². The Labute approximate surface area is 176 Å². The van der Waals surface area contributed by atoms with Crippen LogP contribution in [-0.4, -0.2) is 54.3 Å². The van der Waals surface area contributed by atoms with Crippen molar-refractivity contribution in [3.05, 3.63) is 64.5 Å². The number of rotatable bonds is 4. The number of aryl methyl sites for hydroxylation is 1. The quantitative estimate of drug-likeness (QED) is 0.685. The van der Waals surface area contributed by atoms with E-state index in [0.717, 1.165) is 4.70 Å². The molecule has 1 fully saturated rings. The molecule has 0 unspecified atom stereocenters. The Morgan fingerprint density at radius 3 is 2.40 bits per heavy atom. The Balaban J connectivity index is 1.35. The number of benzene rings is 2. The lowest BCUT2D eigenvalue weighted by Crippen LogP contribution is -2.50. The van der Waals surface area contributed by atoms with Gasteiger partial charge in [0.15, 0.2) is 0 Å². The first-order valence-electron chi connectivity index (χ1n) is 9.67. The zero-order valence-electron chi connectivity index (χ0n) is 16.5. The summed E-state index contributed by atoms with van der Waals surface area (Å²) in [4.78, 5) is 29.5. The molecule has 0 radical (unpaired) electrons. The molecule has 5 nitrogen and oxygen atoms in total. The van der Waals surface area contributed by atoms with E-state index >= 15 is 0 Å². The Kier molecular flexibility index (Phi) is 5.78. The van der Waals surface area contributed by atoms with Crippen LogP contribution in [-0.2, 0) is 4.79 Å². The van der Waals surface area contributed by atoms with Crippen LogP contribution in [0.4, 0.5) is 14.5 Å². The lowest BCUT2D eigenvalue weighted by Gasteiger charge is -2.34. The van der Waals surface area contributed by atoms with E-state index in [2.05, 4.69) is 5.32 Å². The number of amides is 2. The van der Waals surface area contributed by atoms with Crippen LogP contribution in [0.5, 0.6) is 0 Å². The van der Waals surface area contributed by atoms with Crippen molar-refractivity contribution < 1.29 is 18.4 Å². The summed E-state index contributed by atoms with van der Waals surface area (Å²) in [6.07, 6.45) is 0. The van der Waals surface area contributed by atoms with Gasteiger partial charge >= 0.3 is 0 Å². The summed E-state index contributed by atoms with van der Waals surface area (Å²) in [6, 6.07) is 10.5. The number of halogens is 2. The molecule has 0 bridgehead atoms. The van der Waals surface area contributed by atoms with Gasteiger partial charge in [0.05, 0.1) is 11.4 Å². The van der Waals surface area contributed by atoms with E-state index in [1.807, 2.05) is 11.0 Å². The fourth-order valence-corrected chi connectivity index (χ4v) is 4.84. The number of carbonyl (C=O) groups excluding carboxylic acids is 2. The SMILES string of the molecule is Cc1c(C(=O)N2CCN(CC(=O)Nc3ccc(F)cc3)CC2)sc2cccc(F)c12. The van der Waals surface area contributed by atoms with E-state index in [4.69, 9.17) is 0 Å². The Bertz CT molecular complexity index is 1090. The number of fused-ring (bicyclic) bond motifs is 1. The molecule has 1 N–H and O–H groups in total. The van der Waals surface area contributed by atoms with E-state index in [1.165, 1.54) is 41.7 Å². The standard InChI is InChI=1S/C22H21F2N3O2S/c1-14-20-17(24)3-2-4-18(20)30-21(14)22(29)27-11-9-26(10-12-27)13-19(28)25-16-7-5-15(23)6-8-16/h2-8H,9-13H2,1H3,(H,25,28). The normalized spacial score (nSPS) is 14.8. The van der Waals surface area contributed by atoms with Crippen molar-refractivity contribution in [3.63, 3.8) is 0 Å². The molecule has 3 aromatic rings. The Morgan fingerprint density at radius 1 is 1.03 bits per heavy atom. The van der Waals surface area contributed by atoms with Crippen molar-refractivity contribution in [2.24, 2.45) is 0 Å². The summed E-state index contributed by atoms with van der Waals surface area (Å²) in [6.45, 7) is 4.12. The minimum absolute atomic E-state index is 0.0940. The summed E-state index contributed by atoms with van der Waals surface area (Å²) < 4.78 is 27.9. The highest BCUT2D eigenvalue weighted by molar-refractivity contribution is 7.21. The van der Waals surface area contributed by atoms with Crippen molar-refractivity contribution in [1.29, 1.82) is 0 Å². The van der Waals surface area contributed by atoms with Gasteiger partial charge in [-0.3, -0.25) is 14.5 Å². The topological polar surface area (TPSA) is 52.7 Å². The molecule has 1 aromatic heterocycles. The average Bonchev–Trinajstić information content (AvgIpc) is 3.07. The number of thiophene rings is 1. The molecule has 156 valence electrons. The zero-order valence-corrected chi connectivity index (χ0v) is 17.3. The fourth-order valence-electron chi connectivity index (χ4n) is 3.65. The molecular weight excluding hydrogens is 408 g/mol. The van der Waals surface area contributed by atoms with Gasteiger partial charge in [0.1, 0.15) is 11.6 Å². The second-order valence-corrected chi connectivity index (χ2v) is 8.34. The highest BCUT2D eigenvalue weighted by Crippen LogP contribution is 2.33. The van der Waals surface area contributed by atoms with Crippen LogP contribution in [0.15, 0.2) is 42.5 Å². The third-order valence-electron chi connectivity index (χ3n) is 5.25. The summed E-state index contributed by atoms with van der Waals surface area (Å²) in [7, 11) is 0. The molecule has 30 heavy (non-hydrogen) atoms. The summed E-state index contributed by atoms with van der Waals surface area (Å²) in [5.74, 6) is -0.941. The van der Waals surface area contributed by atoms with Gasteiger partial charge < -0.3 is 10.2 Å². The van der Waals surface area contributed by atoms with Gasteiger partial charge in [-0.25, -0.2) is 8.78 Å². The maximum atomic E-state index is 14.1. The summed E-state index contributed by atoms with van der Waals surface area (Å²) in [5.41, 5.74) is 1.22. The maximum absolute atomic E-state index is 14.1. The molecular formula is C22H21F2N3O2S. The lowest BCUT2D eigenvalue weighted by atomic mass is 10.1. The second kappa shape index (κ2) is 8.49. The van der Waals surface area contributed by atoms with E-state index < -0.39 is 0 Å². The first-order chi connectivity index (χ1) is 14.4.